The first-order valence-corrected chi connectivity index (χ1v) is 51.5. The summed E-state index contributed by atoms with van der Waals surface area (Å²) in [6, 6.07) is 0. The summed E-state index contributed by atoms with van der Waals surface area (Å²) >= 11 is -51.3. The number of hydrogen-bond donors (Lipinski definition) is 3. The van der Waals surface area contributed by atoms with E-state index in [1.807, 2.05) is 0 Å². The van der Waals surface area contributed by atoms with Gasteiger partial charge in [0.15, 0.2) is 0 Å². The van der Waals surface area contributed by atoms with Crippen molar-refractivity contribution in [1.29, 1.82) is 0 Å². The van der Waals surface area contributed by atoms with E-state index < -0.39 is 214 Å². The first-order valence-electron chi connectivity index (χ1n) is 6.78. The first-order chi connectivity index (χ1) is 22.8. The average molecular weight is 3670 g/mol. The predicted octanol–water partition coefficient (Wildman–Crippen LogP) is -41.5. The zero-order valence-corrected chi connectivity index (χ0v) is 79.9. The number of hydrogen-bond acceptors (Lipinski definition) is 37. The van der Waals surface area contributed by atoms with Gasteiger partial charge in [0.1, 0.15) is 0 Å². The van der Waals surface area contributed by atoms with Crippen molar-refractivity contribution in [2.45, 2.75) is 0 Å². The molecule has 0 saturated carbocycles. The molecule has 97 heteroatoms. The molecular formula is H91O84PW12. The quantitative estimate of drug-likeness (QED) is 0.190. The van der Waals surface area contributed by atoms with Crippen LogP contribution in [0.3, 0.4) is 0 Å². The van der Waals surface area contributed by atoms with E-state index >= 15 is 0 Å². The fraction of sp³-hybridized carbons (Fsp3) is 0. The van der Waals surface area contributed by atoms with Crippen LogP contribution in [0.4, 0.5) is 0 Å². The Labute approximate surface area is 590 Å². The molecule has 0 spiro atoms. The van der Waals surface area contributed by atoms with Crippen molar-refractivity contribution < 1.29 is 589 Å². The molecule has 97 heavy (non-hydrogen) atoms. The van der Waals surface area contributed by atoms with E-state index in [0.717, 1.165) is 0 Å². The van der Waals surface area contributed by atoms with Gasteiger partial charge in [-0.25, -0.2) is 4.57 Å². The van der Waals surface area contributed by atoms with Gasteiger partial charge in [-0.05, 0) is 0 Å². The van der Waals surface area contributed by atoms with E-state index in [1.54, 1.807) is 0 Å². The summed E-state index contributed by atoms with van der Waals surface area (Å²) in [7, 11) is -4.64. The molecule has 0 rings (SSSR count). The monoisotopic (exact) mass is 3670 g/mol. The van der Waals surface area contributed by atoms with Gasteiger partial charge >= 0.3 is 337 Å². The van der Waals surface area contributed by atoms with Gasteiger partial charge in [-0.1, -0.05) is 0 Å². The van der Waals surface area contributed by atoms with E-state index in [1.165, 1.54) is 0 Å². The number of phosphoric acid groups is 1. The maximum atomic E-state index is 8.88. The Bertz CT molecular complexity index is 1700. The molecule has 0 aliphatic heterocycles. The molecule has 672 valence electrons. The Morgan fingerprint density at radius 3 is 0.103 bits per heavy atom. The van der Waals surface area contributed by atoms with E-state index in [4.69, 9.17) is 142 Å². The molecule has 0 atom stereocenters. The summed E-state index contributed by atoms with van der Waals surface area (Å²) in [5.41, 5.74) is 0. The molecule has 0 unspecified atom stereocenters. The molecular weight excluding hydrogens is 3580 g/mol. The van der Waals surface area contributed by atoms with Crippen LogP contribution in [0.5, 0.6) is 0 Å². The summed E-state index contributed by atoms with van der Waals surface area (Å²) in [4.78, 5) is 21.6. The standard InChI is InChI=1S/H3O4P.44H2O.36O.12W/c1-5(2,3)4;;;;;;;;;;;;;;;;;;;;;;;;;;;;;;;;;;;;;;;;;;;;;;;;;;;;;;;;;;;;;;;;;;;;;;;;;;;;;;;;;;;;;;;;;;;;/h(H3,1,2,3,4);44*1H2;;;;;;;;;;;;;;;;;;;;;;;;;;;;;;;;;;;;;;;;;;;;;;;;. The van der Waals surface area contributed by atoms with E-state index in [9.17, 15) is 0 Å². The van der Waals surface area contributed by atoms with Gasteiger partial charge in [0.25, 0.3) is 0 Å². The minimum atomic E-state index is -4.64. The molecule has 0 saturated heterocycles. The Hall–Kier alpha value is -0.590. The Kier molecular flexibility index (Phi) is 2890. The summed E-state index contributed by atoms with van der Waals surface area (Å²) in [5, 5.41) is 0. The second kappa shape index (κ2) is 496. The van der Waals surface area contributed by atoms with Crippen LogP contribution in [0.15, 0.2) is 0 Å². The van der Waals surface area contributed by atoms with Crippen LogP contribution in [0.2, 0.25) is 0 Å². The van der Waals surface area contributed by atoms with Crippen LogP contribution in [-0.4, -0.2) is 256 Å². The second-order valence-corrected chi connectivity index (χ2v) is 21.6. The maximum absolute atomic E-state index is 8.88. The SMILES string of the molecule is O.O.O.O.O.O.O.O.O.O.O.O.O.O.O.O.O.O.O.O.O.O.O.O.O.O.O.O.O.O.O.O.O.O.O.O.O.O.O.O.O.O.O.O.O=P(O)(O)O.[O]=[W](=[O])=[O].[O]=[W](=[O])=[O].[O]=[W](=[O])=[O].[O]=[W](=[O])=[O].[O]=[W](=[O])=[O].[O]=[W](=[O])=[O].[O]=[W](=[O])=[O].[O]=[W](=[O])=[O].[O]=[W](=[O])=[O].[O]=[W](=[O])=[O].[O]=[W](=[O])=[O].[O]=[W](=[O])=[O]. The summed E-state index contributed by atoms with van der Waals surface area (Å²) < 4.78 is 319. The third-order valence-electron chi connectivity index (χ3n) is 0. The molecule has 0 fully saturated rings. The third kappa shape index (κ3) is 2390000. The van der Waals surface area contributed by atoms with Gasteiger partial charge in [-0.3, -0.25) is 0 Å². The molecule has 0 aromatic heterocycles. The van der Waals surface area contributed by atoms with Gasteiger partial charge in [0.05, 0.1) is 0 Å². The molecule has 84 nitrogen and oxygen atoms in total. The van der Waals surface area contributed by atoms with Gasteiger partial charge in [-0.2, -0.15) is 0 Å². The molecule has 0 aliphatic carbocycles. The van der Waals surface area contributed by atoms with Crippen LogP contribution in [0.1, 0.15) is 0 Å². The number of rotatable bonds is 0. The van der Waals surface area contributed by atoms with Crippen LogP contribution in [0.25, 0.3) is 0 Å². The van der Waals surface area contributed by atoms with Crippen molar-refractivity contribution >= 4 is 7.82 Å². The van der Waals surface area contributed by atoms with E-state index in [0.29, 0.717) is 0 Å². The van der Waals surface area contributed by atoms with Crippen LogP contribution in [-0.2, 0) is 333 Å². The third-order valence-corrected chi connectivity index (χ3v) is 0. The second-order valence-electron chi connectivity index (χ2n) is 2.96. The molecule has 0 amide bonds. The van der Waals surface area contributed by atoms with Crippen molar-refractivity contribution in [1.82, 2.24) is 0 Å². The predicted molar refractivity (Wildman–Crippen MR) is 198 cm³/mol. The van der Waals surface area contributed by atoms with Crippen molar-refractivity contribution in [3.05, 3.63) is 0 Å². The molecule has 0 aliphatic rings. The fourth-order valence-corrected chi connectivity index (χ4v) is 0. The Morgan fingerprint density at radius 1 is 0.103 bits per heavy atom. The van der Waals surface area contributed by atoms with Crippen LogP contribution >= 0.6 is 7.82 Å². The van der Waals surface area contributed by atoms with E-state index in [-0.39, 0.29) is 241 Å². The van der Waals surface area contributed by atoms with Crippen molar-refractivity contribution in [2.75, 3.05) is 0 Å². The summed E-state index contributed by atoms with van der Waals surface area (Å²) in [5.74, 6) is 0. The first kappa shape index (κ1) is 565. The zero-order valence-electron chi connectivity index (χ0n) is 43.8. The van der Waals surface area contributed by atoms with Crippen molar-refractivity contribution in [3.63, 3.8) is 0 Å². The van der Waals surface area contributed by atoms with Crippen LogP contribution < -0.4 is 0 Å². The Morgan fingerprint density at radius 2 is 0.103 bits per heavy atom. The van der Waals surface area contributed by atoms with E-state index in [2.05, 4.69) is 0 Å². The fourth-order valence-electron chi connectivity index (χ4n) is 0. The van der Waals surface area contributed by atoms with Gasteiger partial charge in [0, 0.05) is 0 Å². The molecule has 0 heterocycles. The topological polar surface area (TPSA) is 2080 Å². The average Bonchev–Trinajstić information content (AvgIpc) is 2.66. The summed E-state index contributed by atoms with van der Waals surface area (Å²) in [6.45, 7) is 0. The zero-order chi connectivity index (χ0) is 47.4. The minimum absolute atomic E-state index is 0. The molecule has 0 bridgehead atoms. The van der Waals surface area contributed by atoms with Crippen molar-refractivity contribution in [3.8, 4) is 0 Å². The summed E-state index contributed by atoms with van der Waals surface area (Å²) in [6.07, 6.45) is 0. The molecule has 0 radical (unpaired) electrons. The Balaban J connectivity index is -0.00000000313. The van der Waals surface area contributed by atoms with Gasteiger partial charge < -0.3 is 256 Å². The molecule has 0 aromatic rings. The van der Waals surface area contributed by atoms with Gasteiger partial charge in [-0.15, -0.1) is 0 Å². The van der Waals surface area contributed by atoms with Gasteiger partial charge in [0.2, 0.25) is 0 Å². The molecule has 91 N–H and O–H groups in total. The molecule has 0 aromatic carbocycles. The van der Waals surface area contributed by atoms with Crippen molar-refractivity contribution in [2.24, 2.45) is 0 Å². The normalized spacial score (nSPS) is 3.58. The van der Waals surface area contributed by atoms with Crippen LogP contribution in [0, 0.1) is 0 Å².